The number of piperazine rings is 1. The number of hydrogen-bond donors (Lipinski definition) is 2. The molecule has 1 heterocycles. The smallest absolute Gasteiger partial charge is 0.319 e. The van der Waals surface area contributed by atoms with E-state index in [9.17, 15) is 9.59 Å². The van der Waals surface area contributed by atoms with Crippen molar-refractivity contribution in [2.24, 2.45) is 0 Å². The van der Waals surface area contributed by atoms with Crippen LogP contribution in [-0.4, -0.2) is 59.3 Å². The molecular weight excluding hydrogens is 198 g/mol. The van der Waals surface area contributed by atoms with Crippen LogP contribution < -0.4 is 5.32 Å². The van der Waals surface area contributed by atoms with E-state index in [0.717, 1.165) is 0 Å². The van der Waals surface area contributed by atoms with Gasteiger partial charge in [0.2, 0.25) is 5.91 Å². The largest absolute Gasteiger partial charge is 0.374 e. The predicted octanol–water partition coefficient (Wildman–Crippen LogP) is -0.987. The average molecular weight is 214 g/mol. The summed E-state index contributed by atoms with van der Waals surface area (Å²) in [6.45, 7) is 6.80. The zero-order chi connectivity index (χ0) is 11.4. The molecule has 6 nitrogen and oxygen atoms in total. The van der Waals surface area contributed by atoms with E-state index in [2.05, 4.69) is 12.2 Å². The van der Waals surface area contributed by atoms with Crippen LogP contribution in [0.15, 0.2) is 0 Å². The maximum absolute atomic E-state index is 11.4. The number of carbonyl (C=O) groups excluding carboxylic acids is 2. The lowest BCUT2D eigenvalue weighted by Gasteiger charge is -2.34. The van der Waals surface area contributed by atoms with Crippen LogP contribution in [0.1, 0.15) is 6.92 Å². The Morgan fingerprint density at radius 1 is 1.27 bits per heavy atom. The molecule has 0 spiro atoms. The Labute approximate surface area is 88.8 Å². The van der Waals surface area contributed by atoms with Crippen molar-refractivity contribution in [1.82, 2.24) is 15.1 Å². The maximum atomic E-state index is 11.4. The van der Waals surface area contributed by atoms with E-state index in [1.54, 1.807) is 9.80 Å². The van der Waals surface area contributed by atoms with Crippen molar-refractivity contribution in [3.63, 3.8) is 0 Å². The van der Waals surface area contributed by atoms with Crippen LogP contribution in [0.3, 0.4) is 0 Å². The summed E-state index contributed by atoms with van der Waals surface area (Å²) in [6.07, 6.45) is -1.09. The summed E-state index contributed by atoms with van der Waals surface area (Å²) in [5.41, 5.74) is 0. The van der Waals surface area contributed by atoms with Crippen LogP contribution in [0, 0.1) is 6.92 Å². The third-order valence-electron chi connectivity index (χ3n) is 2.30. The zero-order valence-electron chi connectivity index (χ0n) is 8.77. The highest BCUT2D eigenvalue weighted by atomic mass is 16.3. The van der Waals surface area contributed by atoms with Gasteiger partial charge in [-0.25, -0.2) is 4.79 Å². The third kappa shape index (κ3) is 3.39. The van der Waals surface area contributed by atoms with Gasteiger partial charge in [0.1, 0.15) is 6.23 Å². The number of carbonyl (C=O) groups is 2. The lowest BCUT2D eigenvalue weighted by atomic mass is 10.3. The molecule has 1 aliphatic heterocycles. The molecule has 1 unspecified atom stereocenters. The Morgan fingerprint density at radius 3 is 2.13 bits per heavy atom. The van der Waals surface area contributed by atoms with Crippen molar-refractivity contribution >= 4 is 11.9 Å². The molecule has 1 radical (unpaired) electrons. The van der Waals surface area contributed by atoms with Gasteiger partial charge in [-0.05, 0) is 6.92 Å². The van der Waals surface area contributed by atoms with Crippen LogP contribution in [-0.2, 0) is 4.79 Å². The molecule has 1 aliphatic rings. The molecule has 85 valence electrons. The van der Waals surface area contributed by atoms with Crippen molar-refractivity contribution in [1.29, 1.82) is 0 Å². The van der Waals surface area contributed by atoms with Gasteiger partial charge < -0.3 is 20.2 Å². The first kappa shape index (κ1) is 11.8. The molecule has 1 rings (SSSR count). The highest BCUT2D eigenvalue weighted by Crippen LogP contribution is 2.02. The Bertz CT molecular complexity index is 247. The molecule has 0 aliphatic carbocycles. The van der Waals surface area contributed by atoms with E-state index in [0.29, 0.717) is 26.2 Å². The van der Waals surface area contributed by atoms with Gasteiger partial charge in [0.25, 0.3) is 0 Å². The van der Waals surface area contributed by atoms with Crippen molar-refractivity contribution < 1.29 is 14.7 Å². The van der Waals surface area contributed by atoms with E-state index >= 15 is 0 Å². The predicted molar refractivity (Wildman–Crippen MR) is 53.7 cm³/mol. The molecule has 0 aromatic rings. The molecule has 0 aromatic heterocycles. The number of nitrogens with zero attached hydrogens (tertiary/aromatic N) is 2. The van der Waals surface area contributed by atoms with Crippen LogP contribution >= 0.6 is 0 Å². The number of aliphatic hydroxyl groups is 1. The number of aliphatic hydroxyl groups excluding tert-OH is 1. The molecule has 2 N–H and O–H groups in total. The standard InChI is InChI=1S/C9H16N3O3/c1-7(13)10-9(15)12-5-3-11(4-6-12)8(2)14/h7,13H,1,3-6H2,2H3,(H,10,15). The maximum Gasteiger partial charge on any atom is 0.319 e. The van der Waals surface area contributed by atoms with Gasteiger partial charge in [-0.3, -0.25) is 4.79 Å². The minimum atomic E-state index is -1.09. The number of urea groups is 1. The number of hydrogen-bond acceptors (Lipinski definition) is 3. The summed E-state index contributed by atoms with van der Waals surface area (Å²) in [6, 6.07) is -0.347. The van der Waals surface area contributed by atoms with Crippen LogP contribution in [0.4, 0.5) is 4.79 Å². The third-order valence-corrected chi connectivity index (χ3v) is 2.30. The average Bonchev–Trinajstić information content (AvgIpc) is 2.17. The van der Waals surface area contributed by atoms with E-state index in [-0.39, 0.29) is 11.9 Å². The summed E-state index contributed by atoms with van der Waals surface area (Å²) in [4.78, 5) is 25.6. The monoisotopic (exact) mass is 214 g/mol. The Balaban J connectivity index is 2.37. The molecule has 6 heteroatoms. The second kappa shape index (κ2) is 4.97. The van der Waals surface area contributed by atoms with Crippen LogP contribution in [0.2, 0.25) is 0 Å². The quantitative estimate of drug-likeness (QED) is 0.551. The van der Waals surface area contributed by atoms with E-state index in [4.69, 9.17) is 5.11 Å². The molecule has 0 saturated carbocycles. The SMILES string of the molecule is [CH2]C(O)NC(=O)N1CCN(C(C)=O)CC1. The molecular formula is C9H16N3O3. The van der Waals surface area contributed by atoms with Crippen LogP contribution in [0.25, 0.3) is 0 Å². The lowest BCUT2D eigenvalue weighted by Crippen LogP contribution is -2.54. The van der Waals surface area contributed by atoms with Crippen molar-refractivity contribution in [2.75, 3.05) is 26.2 Å². The fourth-order valence-corrected chi connectivity index (χ4v) is 1.46. The molecule has 1 fully saturated rings. The van der Waals surface area contributed by atoms with E-state index in [1.165, 1.54) is 6.92 Å². The van der Waals surface area contributed by atoms with E-state index in [1.807, 2.05) is 0 Å². The Hall–Kier alpha value is -1.30. The first-order valence-electron chi connectivity index (χ1n) is 4.83. The van der Waals surface area contributed by atoms with Gasteiger partial charge in [-0.2, -0.15) is 0 Å². The molecule has 1 atom stereocenters. The normalized spacial score (nSPS) is 18.6. The minimum Gasteiger partial charge on any atom is -0.374 e. The number of rotatable bonds is 1. The first-order chi connectivity index (χ1) is 7.00. The second-order valence-corrected chi connectivity index (χ2v) is 3.46. The van der Waals surface area contributed by atoms with E-state index < -0.39 is 6.23 Å². The molecule has 15 heavy (non-hydrogen) atoms. The highest BCUT2D eigenvalue weighted by Gasteiger charge is 2.22. The molecule has 1 saturated heterocycles. The highest BCUT2D eigenvalue weighted by molar-refractivity contribution is 5.76. The fraction of sp³-hybridized carbons (Fsp3) is 0.667. The summed E-state index contributed by atoms with van der Waals surface area (Å²) >= 11 is 0. The summed E-state index contributed by atoms with van der Waals surface area (Å²) < 4.78 is 0. The summed E-state index contributed by atoms with van der Waals surface area (Å²) in [5, 5.41) is 11.1. The Morgan fingerprint density at radius 2 is 1.73 bits per heavy atom. The van der Waals surface area contributed by atoms with Gasteiger partial charge in [0.15, 0.2) is 0 Å². The van der Waals surface area contributed by atoms with Crippen molar-refractivity contribution in [3.8, 4) is 0 Å². The molecule has 3 amide bonds. The minimum absolute atomic E-state index is 0.0206. The van der Waals surface area contributed by atoms with Crippen LogP contribution in [0.5, 0.6) is 0 Å². The lowest BCUT2D eigenvalue weighted by molar-refractivity contribution is -0.130. The van der Waals surface area contributed by atoms with Crippen molar-refractivity contribution in [3.05, 3.63) is 6.92 Å². The molecule has 0 aromatic carbocycles. The summed E-state index contributed by atoms with van der Waals surface area (Å²) in [5.74, 6) is 0.0206. The number of nitrogens with one attached hydrogen (secondary N) is 1. The fourth-order valence-electron chi connectivity index (χ4n) is 1.46. The zero-order valence-corrected chi connectivity index (χ0v) is 8.77. The summed E-state index contributed by atoms with van der Waals surface area (Å²) in [7, 11) is 0. The first-order valence-corrected chi connectivity index (χ1v) is 4.83. The van der Waals surface area contributed by atoms with Gasteiger partial charge >= 0.3 is 6.03 Å². The van der Waals surface area contributed by atoms with Gasteiger partial charge in [-0.1, -0.05) is 0 Å². The van der Waals surface area contributed by atoms with Gasteiger partial charge in [-0.15, -0.1) is 0 Å². The van der Waals surface area contributed by atoms with Crippen molar-refractivity contribution in [2.45, 2.75) is 13.2 Å². The topological polar surface area (TPSA) is 72.9 Å². The van der Waals surface area contributed by atoms with Gasteiger partial charge in [0, 0.05) is 33.1 Å². The number of amides is 3. The molecule has 0 bridgehead atoms. The van der Waals surface area contributed by atoms with Gasteiger partial charge in [0.05, 0.1) is 0 Å². The Kier molecular flexibility index (Phi) is 3.90. The second-order valence-electron chi connectivity index (χ2n) is 3.46.